The molecule has 0 fully saturated rings. The van der Waals surface area contributed by atoms with Gasteiger partial charge in [-0.05, 0) is 23.3 Å². The number of rotatable bonds is 6. The molecular weight excluding hydrogens is 316 g/mol. The van der Waals surface area contributed by atoms with Crippen LogP contribution in [0.5, 0.6) is 11.6 Å². The van der Waals surface area contributed by atoms with E-state index in [1.54, 1.807) is 11.8 Å². The monoisotopic (exact) mass is 334 g/mol. The van der Waals surface area contributed by atoms with Crippen LogP contribution in [0.1, 0.15) is 16.7 Å². The Hall–Kier alpha value is -3.46. The largest absolute Gasteiger partial charge is 0.497 e. The maximum absolute atomic E-state index is 9.36. The van der Waals surface area contributed by atoms with Gasteiger partial charge in [-0.3, -0.25) is 0 Å². The zero-order valence-electron chi connectivity index (χ0n) is 13.8. The molecule has 6 heteroatoms. The molecule has 2 aromatic carbocycles. The Labute approximate surface area is 146 Å². The Morgan fingerprint density at radius 3 is 2.44 bits per heavy atom. The second-order valence-electron chi connectivity index (χ2n) is 5.46. The summed E-state index contributed by atoms with van der Waals surface area (Å²) in [5.41, 5.74) is 8.30. The quantitative estimate of drug-likeness (QED) is 0.749. The van der Waals surface area contributed by atoms with E-state index in [1.165, 1.54) is 0 Å². The van der Waals surface area contributed by atoms with E-state index in [0.29, 0.717) is 19.0 Å². The van der Waals surface area contributed by atoms with E-state index in [1.807, 2.05) is 54.6 Å². The van der Waals surface area contributed by atoms with Crippen LogP contribution in [0, 0.1) is 11.3 Å². The van der Waals surface area contributed by atoms with Crippen LogP contribution in [0.15, 0.2) is 54.6 Å². The normalized spacial score (nSPS) is 10.2. The second-order valence-corrected chi connectivity index (χ2v) is 5.46. The number of anilines is 1. The van der Waals surface area contributed by atoms with Crippen LogP contribution in [0.25, 0.3) is 0 Å². The molecule has 0 aliphatic carbocycles. The summed E-state index contributed by atoms with van der Waals surface area (Å²) in [6.45, 7) is 0.772. The standard InChI is InChI=1S/C19H18N4O2/c1-24-16-9-7-14(8-10-16)12-23-18(21)17(11-20)19(22-23)25-13-15-5-3-2-4-6-15/h2-10H,12-13,21H2,1H3. The first kappa shape index (κ1) is 16.4. The van der Waals surface area contributed by atoms with E-state index in [4.69, 9.17) is 15.2 Å². The van der Waals surface area contributed by atoms with Crippen molar-refractivity contribution < 1.29 is 9.47 Å². The number of methoxy groups -OCH3 is 1. The molecule has 1 heterocycles. The molecule has 0 saturated carbocycles. The molecule has 1 aromatic heterocycles. The van der Waals surface area contributed by atoms with Crippen LogP contribution in [-0.2, 0) is 13.2 Å². The molecule has 0 unspecified atom stereocenters. The van der Waals surface area contributed by atoms with Crippen molar-refractivity contribution >= 4 is 5.82 Å². The Balaban J connectivity index is 1.78. The molecule has 2 N–H and O–H groups in total. The molecule has 3 rings (SSSR count). The van der Waals surface area contributed by atoms with Gasteiger partial charge in [-0.1, -0.05) is 42.5 Å². The van der Waals surface area contributed by atoms with E-state index in [9.17, 15) is 5.26 Å². The number of benzene rings is 2. The topological polar surface area (TPSA) is 86.1 Å². The second kappa shape index (κ2) is 7.41. The van der Waals surface area contributed by atoms with Crippen LogP contribution < -0.4 is 15.2 Å². The number of nitriles is 1. The molecule has 0 aliphatic rings. The summed E-state index contributed by atoms with van der Waals surface area (Å²) < 4.78 is 12.4. The molecular formula is C19H18N4O2. The predicted molar refractivity (Wildman–Crippen MR) is 94.2 cm³/mol. The molecule has 126 valence electrons. The minimum Gasteiger partial charge on any atom is -0.497 e. The zero-order chi connectivity index (χ0) is 17.6. The van der Waals surface area contributed by atoms with Gasteiger partial charge in [-0.25, -0.2) is 4.68 Å². The van der Waals surface area contributed by atoms with Gasteiger partial charge in [0, 0.05) is 0 Å². The van der Waals surface area contributed by atoms with Gasteiger partial charge in [-0.15, -0.1) is 5.10 Å². The maximum Gasteiger partial charge on any atom is 0.253 e. The molecule has 25 heavy (non-hydrogen) atoms. The van der Waals surface area contributed by atoms with Gasteiger partial charge in [0.05, 0.1) is 13.7 Å². The molecule has 0 radical (unpaired) electrons. The molecule has 0 atom stereocenters. The fraction of sp³-hybridized carbons (Fsp3) is 0.158. The SMILES string of the molecule is COc1ccc(Cn2nc(OCc3ccccc3)c(C#N)c2N)cc1. The van der Waals surface area contributed by atoms with E-state index in [0.717, 1.165) is 16.9 Å². The lowest BCUT2D eigenvalue weighted by Crippen LogP contribution is -2.06. The first-order chi connectivity index (χ1) is 12.2. The average Bonchev–Trinajstić information content (AvgIpc) is 2.96. The average molecular weight is 334 g/mol. The minimum absolute atomic E-state index is 0.248. The lowest BCUT2D eigenvalue weighted by Gasteiger charge is -2.05. The summed E-state index contributed by atoms with van der Waals surface area (Å²) in [6, 6.07) is 19.4. The summed E-state index contributed by atoms with van der Waals surface area (Å²) in [5, 5.41) is 13.7. The third-order valence-electron chi connectivity index (χ3n) is 3.78. The van der Waals surface area contributed by atoms with Gasteiger partial charge in [0.1, 0.15) is 24.2 Å². The first-order valence-electron chi connectivity index (χ1n) is 7.77. The molecule has 0 amide bonds. The summed E-state index contributed by atoms with van der Waals surface area (Å²) >= 11 is 0. The minimum atomic E-state index is 0.248. The molecule has 0 saturated heterocycles. The van der Waals surface area contributed by atoms with E-state index in [2.05, 4.69) is 11.2 Å². The van der Waals surface area contributed by atoms with Crippen LogP contribution in [0.4, 0.5) is 5.82 Å². The summed E-state index contributed by atoms with van der Waals surface area (Å²) in [4.78, 5) is 0. The number of hydrogen-bond donors (Lipinski definition) is 1. The summed E-state index contributed by atoms with van der Waals surface area (Å²) in [5.74, 6) is 1.32. The summed E-state index contributed by atoms with van der Waals surface area (Å²) in [6.07, 6.45) is 0. The van der Waals surface area contributed by atoms with Gasteiger partial charge >= 0.3 is 0 Å². The summed E-state index contributed by atoms with van der Waals surface area (Å²) in [7, 11) is 1.62. The third kappa shape index (κ3) is 3.72. The number of nitrogen functional groups attached to an aromatic ring is 1. The van der Waals surface area contributed by atoms with Gasteiger partial charge in [0.15, 0.2) is 5.56 Å². The zero-order valence-corrected chi connectivity index (χ0v) is 13.8. The van der Waals surface area contributed by atoms with Gasteiger partial charge in [0.25, 0.3) is 5.88 Å². The van der Waals surface area contributed by atoms with Crippen LogP contribution >= 0.6 is 0 Å². The fourth-order valence-corrected chi connectivity index (χ4v) is 2.41. The lowest BCUT2D eigenvalue weighted by molar-refractivity contribution is 0.289. The van der Waals surface area contributed by atoms with Gasteiger partial charge in [-0.2, -0.15) is 5.26 Å². The molecule has 6 nitrogen and oxygen atoms in total. The smallest absolute Gasteiger partial charge is 0.253 e. The first-order valence-corrected chi connectivity index (χ1v) is 7.77. The number of aromatic nitrogens is 2. The third-order valence-corrected chi connectivity index (χ3v) is 3.78. The molecule has 0 aliphatic heterocycles. The number of hydrogen-bond acceptors (Lipinski definition) is 5. The van der Waals surface area contributed by atoms with Crippen molar-refractivity contribution in [1.29, 1.82) is 5.26 Å². The highest BCUT2D eigenvalue weighted by atomic mass is 16.5. The van der Waals surface area contributed by atoms with Crippen molar-refractivity contribution in [2.45, 2.75) is 13.2 Å². The predicted octanol–water partition coefficient (Wildman–Crippen LogP) is 2.97. The highest BCUT2D eigenvalue weighted by molar-refractivity contribution is 5.55. The van der Waals surface area contributed by atoms with Gasteiger partial charge < -0.3 is 15.2 Å². The number of ether oxygens (including phenoxy) is 2. The van der Waals surface area contributed by atoms with Crippen LogP contribution in [0.3, 0.4) is 0 Å². The Bertz CT molecular complexity index is 880. The van der Waals surface area contributed by atoms with Crippen molar-refractivity contribution in [2.24, 2.45) is 0 Å². The maximum atomic E-state index is 9.36. The van der Waals surface area contributed by atoms with Crippen LogP contribution in [-0.4, -0.2) is 16.9 Å². The Morgan fingerprint density at radius 1 is 1.08 bits per heavy atom. The van der Waals surface area contributed by atoms with E-state index in [-0.39, 0.29) is 11.4 Å². The Morgan fingerprint density at radius 2 is 1.80 bits per heavy atom. The van der Waals surface area contributed by atoms with Crippen molar-refractivity contribution in [3.63, 3.8) is 0 Å². The van der Waals surface area contributed by atoms with E-state index >= 15 is 0 Å². The van der Waals surface area contributed by atoms with Crippen molar-refractivity contribution in [3.05, 3.63) is 71.3 Å². The molecule has 3 aromatic rings. The molecule has 0 spiro atoms. The van der Waals surface area contributed by atoms with E-state index < -0.39 is 0 Å². The van der Waals surface area contributed by atoms with Crippen molar-refractivity contribution in [3.8, 4) is 17.7 Å². The molecule has 0 bridgehead atoms. The fourth-order valence-electron chi connectivity index (χ4n) is 2.41. The van der Waals surface area contributed by atoms with Crippen molar-refractivity contribution in [1.82, 2.24) is 9.78 Å². The van der Waals surface area contributed by atoms with Crippen LogP contribution in [0.2, 0.25) is 0 Å². The number of nitrogens with zero attached hydrogens (tertiary/aromatic N) is 3. The highest BCUT2D eigenvalue weighted by Crippen LogP contribution is 2.25. The highest BCUT2D eigenvalue weighted by Gasteiger charge is 2.17. The lowest BCUT2D eigenvalue weighted by atomic mass is 10.2. The van der Waals surface area contributed by atoms with Gasteiger partial charge in [0.2, 0.25) is 0 Å². The number of nitrogens with two attached hydrogens (primary N) is 1. The van der Waals surface area contributed by atoms with Crippen molar-refractivity contribution in [2.75, 3.05) is 12.8 Å². The Kier molecular flexibility index (Phi) is 4.86.